The molecule has 1 fully saturated rings. The van der Waals surface area contributed by atoms with Gasteiger partial charge in [0.1, 0.15) is 5.82 Å². The third kappa shape index (κ3) is 1.60. The van der Waals surface area contributed by atoms with E-state index in [0.717, 1.165) is 17.1 Å². The number of aryl methyl sites for hydroxylation is 1. The normalized spacial score (nSPS) is 16.0. The Bertz CT molecular complexity index is 375. The maximum absolute atomic E-state index is 8.57. The lowest BCUT2D eigenvalue weighted by atomic mass is 9.85. The first-order valence-corrected chi connectivity index (χ1v) is 5.00. The molecule has 1 aliphatic carbocycles. The van der Waals surface area contributed by atoms with Gasteiger partial charge in [-0.25, -0.2) is 9.97 Å². The van der Waals surface area contributed by atoms with E-state index in [1.54, 1.807) is 6.20 Å². The van der Waals surface area contributed by atoms with E-state index in [1.807, 2.05) is 6.92 Å². The first-order chi connectivity index (χ1) is 6.81. The van der Waals surface area contributed by atoms with Crippen LogP contribution in [-0.2, 0) is 6.42 Å². The fourth-order valence-corrected chi connectivity index (χ4v) is 1.63. The van der Waals surface area contributed by atoms with Gasteiger partial charge in [0.2, 0.25) is 0 Å². The van der Waals surface area contributed by atoms with E-state index >= 15 is 0 Å². The van der Waals surface area contributed by atoms with Crippen LogP contribution in [0.1, 0.15) is 42.3 Å². The molecule has 0 amide bonds. The van der Waals surface area contributed by atoms with Crippen molar-refractivity contribution in [2.75, 3.05) is 0 Å². The summed E-state index contributed by atoms with van der Waals surface area (Å²) in [5.41, 5.74) is 1.92. The Labute approximate surface area is 83.8 Å². The fraction of sp³-hybridized carbons (Fsp3) is 0.545. The van der Waals surface area contributed by atoms with Crippen LogP contribution in [0.2, 0.25) is 0 Å². The number of hydrogen-bond donors (Lipinski definition) is 0. The van der Waals surface area contributed by atoms with Gasteiger partial charge in [-0.15, -0.1) is 0 Å². The summed E-state index contributed by atoms with van der Waals surface area (Å²) in [4.78, 5) is 8.77. The monoisotopic (exact) mass is 187 g/mol. The van der Waals surface area contributed by atoms with E-state index in [4.69, 9.17) is 5.26 Å². The minimum atomic E-state index is 0.413. The summed E-state index contributed by atoms with van der Waals surface area (Å²) in [6.45, 7) is 1.95. The largest absolute Gasteiger partial charge is 0.241 e. The van der Waals surface area contributed by atoms with Crippen molar-refractivity contribution in [1.29, 1.82) is 5.26 Å². The van der Waals surface area contributed by atoms with Crippen LogP contribution < -0.4 is 0 Å². The second kappa shape index (κ2) is 3.75. The van der Waals surface area contributed by atoms with Crippen molar-refractivity contribution in [3.05, 3.63) is 23.3 Å². The van der Waals surface area contributed by atoms with Crippen LogP contribution in [0, 0.1) is 18.3 Å². The predicted molar refractivity (Wildman–Crippen MR) is 52.7 cm³/mol. The lowest BCUT2D eigenvalue weighted by Gasteiger charge is -2.23. The average Bonchev–Trinajstić information content (AvgIpc) is 2.07. The van der Waals surface area contributed by atoms with Crippen molar-refractivity contribution in [3.8, 4) is 6.07 Å². The highest BCUT2D eigenvalue weighted by atomic mass is 14.9. The fourth-order valence-electron chi connectivity index (χ4n) is 1.63. The van der Waals surface area contributed by atoms with Gasteiger partial charge < -0.3 is 0 Å². The summed E-state index contributed by atoms with van der Waals surface area (Å²) >= 11 is 0. The molecule has 72 valence electrons. The molecule has 3 nitrogen and oxygen atoms in total. The molecule has 0 unspecified atom stereocenters. The highest BCUT2D eigenvalue weighted by Crippen LogP contribution is 2.34. The number of nitrogens with zero attached hydrogens (tertiary/aromatic N) is 3. The predicted octanol–water partition coefficient (Wildman–Crippen LogP) is 2.12. The minimum absolute atomic E-state index is 0.413. The SMILES string of the molecule is Cc1nc(C2CCC2)ncc1CC#N. The molecule has 2 rings (SSSR count). The first kappa shape index (κ1) is 9.14. The van der Waals surface area contributed by atoms with Gasteiger partial charge in [0.15, 0.2) is 0 Å². The summed E-state index contributed by atoms with van der Waals surface area (Å²) < 4.78 is 0. The molecule has 0 aliphatic heterocycles. The first-order valence-electron chi connectivity index (χ1n) is 5.00. The topological polar surface area (TPSA) is 49.6 Å². The molecule has 1 aliphatic rings. The Kier molecular flexibility index (Phi) is 2.45. The Hall–Kier alpha value is -1.43. The van der Waals surface area contributed by atoms with Crippen molar-refractivity contribution in [3.63, 3.8) is 0 Å². The van der Waals surface area contributed by atoms with Crippen LogP contribution in [0.25, 0.3) is 0 Å². The number of hydrogen-bond acceptors (Lipinski definition) is 3. The van der Waals surface area contributed by atoms with Gasteiger partial charge in [0, 0.05) is 23.4 Å². The highest BCUT2D eigenvalue weighted by Gasteiger charge is 2.22. The Balaban J connectivity index is 2.22. The molecule has 1 aromatic rings. The Morgan fingerprint density at radius 3 is 2.86 bits per heavy atom. The van der Waals surface area contributed by atoms with Crippen LogP contribution >= 0.6 is 0 Å². The zero-order valence-corrected chi connectivity index (χ0v) is 8.32. The molecule has 0 saturated heterocycles. The van der Waals surface area contributed by atoms with Gasteiger partial charge in [0.25, 0.3) is 0 Å². The lowest BCUT2D eigenvalue weighted by Crippen LogP contribution is -2.13. The molecule has 1 aromatic heterocycles. The van der Waals surface area contributed by atoms with Crippen LogP contribution in [0.15, 0.2) is 6.20 Å². The van der Waals surface area contributed by atoms with Crippen molar-refractivity contribution in [1.82, 2.24) is 9.97 Å². The van der Waals surface area contributed by atoms with E-state index < -0.39 is 0 Å². The second-order valence-corrected chi connectivity index (χ2v) is 3.80. The Morgan fingerprint density at radius 1 is 1.57 bits per heavy atom. The van der Waals surface area contributed by atoms with Gasteiger partial charge in [-0.1, -0.05) is 6.42 Å². The van der Waals surface area contributed by atoms with E-state index in [0.29, 0.717) is 12.3 Å². The zero-order valence-electron chi connectivity index (χ0n) is 8.32. The molecule has 0 radical (unpaired) electrons. The molecule has 0 aromatic carbocycles. The molecule has 0 atom stereocenters. The minimum Gasteiger partial charge on any atom is -0.241 e. The third-order valence-corrected chi connectivity index (χ3v) is 2.84. The summed E-state index contributed by atoms with van der Waals surface area (Å²) in [5, 5.41) is 8.57. The maximum atomic E-state index is 8.57. The van der Waals surface area contributed by atoms with Gasteiger partial charge in [-0.2, -0.15) is 5.26 Å². The molecular formula is C11H13N3. The van der Waals surface area contributed by atoms with E-state index in [2.05, 4.69) is 16.0 Å². The molecule has 0 spiro atoms. The van der Waals surface area contributed by atoms with Crippen LogP contribution in [0.3, 0.4) is 0 Å². The standard InChI is InChI=1S/C11H13N3/c1-8-10(5-6-12)7-13-11(14-8)9-3-2-4-9/h7,9H,2-5H2,1H3. The second-order valence-electron chi connectivity index (χ2n) is 3.80. The van der Waals surface area contributed by atoms with Crippen LogP contribution in [0.4, 0.5) is 0 Å². The number of rotatable bonds is 2. The highest BCUT2D eigenvalue weighted by molar-refractivity contribution is 5.20. The molecule has 3 heteroatoms. The van der Waals surface area contributed by atoms with Gasteiger partial charge in [-0.05, 0) is 19.8 Å². The summed E-state index contributed by atoms with van der Waals surface area (Å²) in [7, 11) is 0. The quantitative estimate of drug-likeness (QED) is 0.712. The third-order valence-electron chi connectivity index (χ3n) is 2.84. The molecule has 0 bridgehead atoms. The van der Waals surface area contributed by atoms with E-state index in [-0.39, 0.29) is 0 Å². The molecule has 1 saturated carbocycles. The van der Waals surface area contributed by atoms with Gasteiger partial charge in [0.05, 0.1) is 12.5 Å². The summed E-state index contributed by atoms with van der Waals surface area (Å²) in [6.07, 6.45) is 5.96. The smallest absolute Gasteiger partial charge is 0.131 e. The van der Waals surface area contributed by atoms with Crippen LogP contribution in [-0.4, -0.2) is 9.97 Å². The molecular weight excluding hydrogens is 174 g/mol. The number of nitriles is 1. The van der Waals surface area contributed by atoms with Gasteiger partial charge >= 0.3 is 0 Å². The van der Waals surface area contributed by atoms with Gasteiger partial charge in [-0.3, -0.25) is 0 Å². The lowest BCUT2D eigenvalue weighted by molar-refractivity contribution is 0.400. The maximum Gasteiger partial charge on any atom is 0.131 e. The summed E-state index contributed by atoms with van der Waals surface area (Å²) in [6, 6.07) is 2.12. The van der Waals surface area contributed by atoms with Crippen LogP contribution in [0.5, 0.6) is 0 Å². The number of aromatic nitrogens is 2. The Morgan fingerprint density at radius 2 is 2.36 bits per heavy atom. The van der Waals surface area contributed by atoms with Crippen molar-refractivity contribution in [2.45, 2.75) is 38.5 Å². The molecule has 0 N–H and O–H groups in total. The zero-order chi connectivity index (χ0) is 9.97. The average molecular weight is 187 g/mol. The van der Waals surface area contributed by atoms with Crippen molar-refractivity contribution in [2.24, 2.45) is 0 Å². The van der Waals surface area contributed by atoms with Crippen molar-refractivity contribution >= 4 is 0 Å². The summed E-state index contributed by atoms with van der Waals surface area (Å²) in [5.74, 6) is 1.54. The molecule has 14 heavy (non-hydrogen) atoms. The van der Waals surface area contributed by atoms with E-state index in [1.165, 1.54) is 19.3 Å². The van der Waals surface area contributed by atoms with Crippen molar-refractivity contribution < 1.29 is 0 Å². The van der Waals surface area contributed by atoms with E-state index in [9.17, 15) is 0 Å². The molecule has 1 heterocycles.